The third-order valence-corrected chi connectivity index (χ3v) is 7.42. The van der Waals surface area contributed by atoms with Gasteiger partial charge in [0, 0.05) is 44.8 Å². The van der Waals surface area contributed by atoms with Crippen molar-refractivity contribution in [1.82, 2.24) is 14.7 Å². The van der Waals surface area contributed by atoms with E-state index in [9.17, 15) is 9.59 Å². The smallest absolute Gasteiger partial charge is 0.246 e. The van der Waals surface area contributed by atoms with E-state index < -0.39 is 0 Å². The van der Waals surface area contributed by atoms with Crippen LogP contribution in [0.3, 0.4) is 0 Å². The van der Waals surface area contributed by atoms with Crippen LogP contribution < -0.4 is 0 Å². The van der Waals surface area contributed by atoms with Gasteiger partial charge < -0.3 is 9.80 Å². The topological polar surface area (TPSA) is 43.9 Å². The summed E-state index contributed by atoms with van der Waals surface area (Å²) in [5, 5.41) is 0. The van der Waals surface area contributed by atoms with E-state index in [0.717, 1.165) is 50.9 Å². The van der Waals surface area contributed by atoms with Gasteiger partial charge in [0.1, 0.15) is 0 Å². The van der Waals surface area contributed by atoms with Crippen molar-refractivity contribution in [3.63, 3.8) is 0 Å². The van der Waals surface area contributed by atoms with E-state index >= 15 is 0 Å². The van der Waals surface area contributed by atoms with Gasteiger partial charge in [-0.3, -0.25) is 14.5 Å². The molecule has 2 atom stereocenters. The lowest BCUT2D eigenvalue weighted by molar-refractivity contribution is -0.144. The molecule has 1 saturated carbocycles. The van der Waals surface area contributed by atoms with E-state index in [1.165, 1.54) is 19.3 Å². The normalized spacial score (nSPS) is 24.6. The second-order valence-corrected chi connectivity index (χ2v) is 9.47. The molecule has 3 aliphatic rings. The van der Waals surface area contributed by atoms with Crippen LogP contribution in [0.1, 0.15) is 57.4 Å². The van der Waals surface area contributed by atoms with Gasteiger partial charge in [0.05, 0.1) is 6.04 Å². The number of amides is 2. The molecule has 0 spiro atoms. The van der Waals surface area contributed by atoms with E-state index in [1.54, 1.807) is 6.08 Å². The molecule has 5 heteroatoms. The number of rotatable bonds is 5. The van der Waals surface area contributed by atoms with Gasteiger partial charge in [-0.15, -0.1) is 0 Å². The average Bonchev–Trinajstić information content (AvgIpc) is 3.33. The first kappa shape index (κ1) is 22.1. The molecule has 2 saturated heterocycles. The summed E-state index contributed by atoms with van der Waals surface area (Å²) in [5.74, 6) is 0.890. The van der Waals surface area contributed by atoms with Crippen LogP contribution >= 0.6 is 0 Å². The zero-order valence-corrected chi connectivity index (χ0v) is 18.9. The summed E-state index contributed by atoms with van der Waals surface area (Å²) < 4.78 is 0. The lowest BCUT2D eigenvalue weighted by Gasteiger charge is -2.44. The van der Waals surface area contributed by atoms with Crippen LogP contribution in [-0.4, -0.2) is 71.3 Å². The fourth-order valence-corrected chi connectivity index (χ4v) is 5.58. The maximum Gasteiger partial charge on any atom is 0.246 e. The molecule has 1 aromatic rings. The number of hydrogen-bond donors (Lipinski definition) is 0. The maximum absolute atomic E-state index is 13.7. The molecule has 4 rings (SSSR count). The van der Waals surface area contributed by atoms with Gasteiger partial charge in [0.2, 0.25) is 11.8 Å². The number of nitrogens with zero attached hydrogens (tertiary/aromatic N) is 3. The Bertz CT molecular complexity index is 764. The van der Waals surface area contributed by atoms with E-state index in [0.29, 0.717) is 31.0 Å². The van der Waals surface area contributed by atoms with Crippen molar-refractivity contribution in [1.29, 1.82) is 0 Å². The third-order valence-electron chi connectivity index (χ3n) is 7.42. The monoisotopic (exact) mass is 423 g/mol. The fraction of sp³-hybridized carbons (Fsp3) is 0.615. The van der Waals surface area contributed by atoms with Crippen LogP contribution in [-0.2, 0) is 9.59 Å². The van der Waals surface area contributed by atoms with Crippen molar-refractivity contribution in [3.05, 3.63) is 42.0 Å². The quantitative estimate of drug-likeness (QED) is 0.677. The molecule has 0 bridgehead atoms. The Labute approximate surface area is 187 Å². The summed E-state index contributed by atoms with van der Waals surface area (Å²) >= 11 is 0. The SMILES string of the molecule is CC1CCCCN1C(=O)C(C1CCCC1)N1CCN(C(=O)/C=C/c2ccccc2)CC1. The molecule has 0 aromatic heterocycles. The third kappa shape index (κ3) is 5.38. The van der Waals surface area contributed by atoms with Crippen LogP contribution in [0.5, 0.6) is 0 Å². The zero-order chi connectivity index (χ0) is 21.6. The Morgan fingerprint density at radius 2 is 1.58 bits per heavy atom. The molecule has 2 heterocycles. The van der Waals surface area contributed by atoms with Gasteiger partial charge in [-0.2, -0.15) is 0 Å². The van der Waals surface area contributed by atoms with Crippen molar-refractivity contribution in [2.75, 3.05) is 32.7 Å². The van der Waals surface area contributed by atoms with Crippen molar-refractivity contribution in [2.45, 2.75) is 64.0 Å². The van der Waals surface area contributed by atoms with Gasteiger partial charge >= 0.3 is 0 Å². The Morgan fingerprint density at radius 1 is 0.903 bits per heavy atom. The Kier molecular flexibility index (Phi) is 7.44. The highest BCUT2D eigenvalue weighted by Gasteiger charge is 2.40. The molecule has 2 aliphatic heterocycles. The van der Waals surface area contributed by atoms with Crippen LogP contribution in [0, 0.1) is 5.92 Å². The summed E-state index contributed by atoms with van der Waals surface area (Å²) in [6.45, 7) is 6.10. The van der Waals surface area contributed by atoms with Crippen LogP contribution in [0.25, 0.3) is 6.08 Å². The number of carbonyl (C=O) groups excluding carboxylic acids is 2. The molecule has 5 nitrogen and oxygen atoms in total. The molecule has 31 heavy (non-hydrogen) atoms. The van der Waals surface area contributed by atoms with E-state index in [4.69, 9.17) is 0 Å². The molecule has 0 N–H and O–H groups in total. The highest BCUT2D eigenvalue weighted by atomic mass is 16.2. The average molecular weight is 424 g/mol. The zero-order valence-electron chi connectivity index (χ0n) is 18.9. The number of piperidine rings is 1. The minimum atomic E-state index is 0.000151. The van der Waals surface area contributed by atoms with Crippen molar-refractivity contribution in [3.8, 4) is 0 Å². The summed E-state index contributed by atoms with van der Waals surface area (Å²) in [7, 11) is 0. The van der Waals surface area contributed by atoms with Crippen molar-refractivity contribution < 1.29 is 9.59 Å². The number of benzene rings is 1. The van der Waals surface area contributed by atoms with Gasteiger partial charge in [0.15, 0.2) is 0 Å². The molecule has 3 fully saturated rings. The first-order valence-corrected chi connectivity index (χ1v) is 12.2. The largest absolute Gasteiger partial charge is 0.339 e. The number of piperazine rings is 1. The van der Waals surface area contributed by atoms with Gasteiger partial charge in [-0.1, -0.05) is 43.2 Å². The van der Waals surface area contributed by atoms with E-state index in [-0.39, 0.29) is 11.9 Å². The molecule has 1 aliphatic carbocycles. The second kappa shape index (κ2) is 10.4. The summed E-state index contributed by atoms with van der Waals surface area (Å²) in [6.07, 6.45) is 11.9. The predicted octanol–water partition coefficient (Wildman–Crippen LogP) is 3.80. The van der Waals surface area contributed by atoms with Crippen molar-refractivity contribution in [2.24, 2.45) is 5.92 Å². The highest BCUT2D eigenvalue weighted by molar-refractivity contribution is 5.92. The molecular formula is C26H37N3O2. The Hall–Kier alpha value is -2.14. The molecule has 0 radical (unpaired) electrons. The van der Waals surface area contributed by atoms with Crippen LogP contribution in [0.2, 0.25) is 0 Å². The van der Waals surface area contributed by atoms with Gasteiger partial charge in [-0.05, 0) is 56.6 Å². The molecule has 2 unspecified atom stereocenters. The standard InChI is InChI=1S/C26H37N3O2/c1-21-9-7-8-16-29(21)26(31)25(23-12-5-6-13-23)28-19-17-27(18-20-28)24(30)15-14-22-10-3-2-4-11-22/h2-4,10-11,14-15,21,23,25H,5-9,12-13,16-20H2,1H3/b15-14+. The minimum absolute atomic E-state index is 0.000151. The predicted molar refractivity (Wildman–Crippen MR) is 124 cm³/mol. The molecule has 2 amide bonds. The first-order chi connectivity index (χ1) is 15.1. The fourth-order valence-electron chi connectivity index (χ4n) is 5.58. The summed E-state index contributed by atoms with van der Waals surface area (Å²) in [4.78, 5) is 32.8. The lowest BCUT2D eigenvalue weighted by atomic mass is 9.92. The van der Waals surface area contributed by atoms with E-state index in [1.807, 2.05) is 41.3 Å². The molecular weight excluding hydrogens is 386 g/mol. The highest BCUT2D eigenvalue weighted by Crippen LogP contribution is 2.33. The summed E-state index contributed by atoms with van der Waals surface area (Å²) in [5.41, 5.74) is 1.04. The van der Waals surface area contributed by atoms with Crippen LogP contribution in [0.15, 0.2) is 36.4 Å². The van der Waals surface area contributed by atoms with E-state index in [2.05, 4.69) is 16.7 Å². The summed E-state index contributed by atoms with van der Waals surface area (Å²) in [6, 6.07) is 10.3. The number of carbonyl (C=O) groups is 2. The van der Waals surface area contributed by atoms with Gasteiger partial charge in [0.25, 0.3) is 0 Å². The van der Waals surface area contributed by atoms with Crippen LogP contribution in [0.4, 0.5) is 0 Å². The minimum Gasteiger partial charge on any atom is -0.339 e. The van der Waals surface area contributed by atoms with Crippen molar-refractivity contribution >= 4 is 17.9 Å². The number of hydrogen-bond acceptors (Lipinski definition) is 3. The number of likely N-dealkylation sites (tertiary alicyclic amines) is 1. The lowest BCUT2D eigenvalue weighted by Crippen LogP contribution is -2.59. The molecule has 1 aromatic carbocycles. The maximum atomic E-state index is 13.7. The second-order valence-electron chi connectivity index (χ2n) is 9.47. The van der Waals surface area contributed by atoms with Gasteiger partial charge in [-0.25, -0.2) is 0 Å². The first-order valence-electron chi connectivity index (χ1n) is 12.2. The molecule has 168 valence electrons. The Balaban J connectivity index is 1.38. The Morgan fingerprint density at radius 3 is 2.26 bits per heavy atom.